The van der Waals surface area contributed by atoms with E-state index in [1.165, 1.54) is 4.90 Å². The molecule has 0 spiro atoms. The van der Waals surface area contributed by atoms with E-state index < -0.39 is 0 Å². The van der Waals surface area contributed by atoms with Crippen LogP contribution in [0.25, 0.3) is 6.08 Å². The van der Waals surface area contributed by atoms with Crippen LogP contribution in [0.2, 0.25) is 5.02 Å². The maximum Gasteiger partial charge on any atom is 0.293 e. The lowest BCUT2D eigenvalue weighted by atomic mass is 10.2. The Balaban J connectivity index is 1.26. The number of ether oxygens (including phenoxy) is 3. The molecule has 0 saturated carbocycles. The Morgan fingerprint density at radius 3 is 2.12 bits per heavy atom. The van der Waals surface area contributed by atoms with Gasteiger partial charge in [0.1, 0.15) is 37.1 Å². The van der Waals surface area contributed by atoms with E-state index >= 15 is 0 Å². The molecule has 3 aromatic carbocycles. The van der Waals surface area contributed by atoms with E-state index in [0.29, 0.717) is 34.6 Å². The summed E-state index contributed by atoms with van der Waals surface area (Å²) >= 11 is 6.98. The van der Waals surface area contributed by atoms with Crippen molar-refractivity contribution in [3.8, 4) is 17.2 Å². The number of hydrogen-bond donors (Lipinski definition) is 0. The van der Waals surface area contributed by atoms with Crippen LogP contribution in [0.5, 0.6) is 17.2 Å². The number of carbonyl (C=O) groups is 2. The maximum absolute atomic E-state index is 12.7. The zero-order valence-electron chi connectivity index (χ0n) is 18.2. The van der Waals surface area contributed by atoms with Gasteiger partial charge in [0.15, 0.2) is 0 Å². The highest BCUT2D eigenvalue weighted by atomic mass is 35.5. The molecule has 6 nitrogen and oxygen atoms in total. The largest absolute Gasteiger partial charge is 0.490 e. The Morgan fingerprint density at radius 2 is 1.41 bits per heavy atom. The molecular formula is C26H22ClNO5S. The number of benzene rings is 3. The molecule has 0 unspecified atom stereocenters. The minimum absolute atomic E-state index is 0.144. The summed E-state index contributed by atoms with van der Waals surface area (Å²) < 4.78 is 16.9. The van der Waals surface area contributed by atoms with E-state index in [4.69, 9.17) is 25.8 Å². The second-order valence-corrected chi connectivity index (χ2v) is 8.59. The van der Waals surface area contributed by atoms with Gasteiger partial charge in [-0.15, -0.1) is 0 Å². The van der Waals surface area contributed by atoms with Gasteiger partial charge in [0.25, 0.3) is 11.1 Å². The first kappa shape index (κ1) is 23.7. The predicted molar refractivity (Wildman–Crippen MR) is 133 cm³/mol. The van der Waals surface area contributed by atoms with Gasteiger partial charge in [-0.25, -0.2) is 0 Å². The fourth-order valence-electron chi connectivity index (χ4n) is 3.15. The van der Waals surface area contributed by atoms with Gasteiger partial charge in [0.2, 0.25) is 0 Å². The molecule has 1 aliphatic rings. The quantitative estimate of drug-likeness (QED) is 0.257. The Labute approximate surface area is 207 Å². The highest BCUT2D eigenvalue weighted by Gasteiger charge is 2.34. The zero-order valence-corrected chi connectivity index (χ0v) is 19.8. The Hall–Kier alpha value is -3.42. The van der Waals surface area contributed by atoms with Crippen LogP contribution >= 0.6 is 23.4 Å². The number of carbonyl (C=O) groups excluding carboxylic acids is 2. The van der Waals surface area contributed by atoms with Gasteiger partial charge in [-0.2, -0.15) is 0 Å². The second-order valence-electron chi connectivity index (χ2n) is 7.19. The van der Waals surface area contributed by atoms with Crippen LogP contribution in [-0.2, 0) is 4.79 Å². The Bertz CT molecular complexity index is 1170. The Kier molecular flexibility index (Phi) is 8.12. The molecule has 0 N–H and O–H groups in total. The van der Waals surface area contributed by atoms with Gasteiger partial charge < -0.3 is 14.2 Å². The minimum atomic E-state index is -0.337. The number of imide groups is 1. The van der Waals surface area contributed by atoms with E-state index in [2.05, 4.69) is 0 Å². The average molecular weight is 496 g/mol. The Morgan fingerprint density at radius 1 is 0.765 bits per heavy atom. The lowest BCUT2D eigenvalue weighted by Gasteiger charge is -2.13. The molecule has 0 atom stereocenters. The summed E-state index contributed by atoms with van der Waals surface area (Å²) in [5.74, 6) is 1.67. The van der Waals surface area contributed by atoms with Crippen molar-refractivity contribution in [3.63, 3.8) is 0 Å². The number of halogens is 1. The van der Waals surface area contributed by atoms with Gasteiger partial charge in [0.05, 0.1) is 16.5 Å². The molecule has 0 radical (unpaired) electrons. The molecule has 1 heterocycles. The van der Waals surface area contributed by atoms with Gasteiger partial charge in [-0.05, 0) is 59.8 Å². The molecule has 0 bridgehead atoms. The number of para-hydroxylation sites is 2. The number of thioether (sulfide) groups is 1. The van der Waals surface area contributed by atoms with Crippen LogP contribution < -0.4 is 14.2 Å². The van der Waals surface area contributed by atoms with Crippen molar-refractivity contribution in [2.24, 2.45) is 0 Å². The third-order valence-electron chi connectivity index (χ3n) is 4.82. The minimum Gasteiger partial charge on any atom is -0.490 e. The van der Waals surface area contributed by atoms with E-state index in [0.717, 1.165) is 23.1 Å². The summed E-state index contributed by atoms with van der Waals surface area (Å²) in [5.41, 5.74) is 0.797. The van der Waals surface area contributed by atoms with Crippen LogP contribution in [0.1, 0.15) is 5.56 Å². The van der Waals surface area contributed by atoms with Crippen molar-refractivity contribution in [1.82, 2.24) is 4.90 Å². The molecule has 174 valence electrons. The summed E-state index contributed by atoms with van der Waals surface area (Å²) in [4.78, 5) is 26.5. The van der Waals surface area contributed by atoms with E-state index in [1.54, 1.807) is 30.3 Å². The lowest BCUT2D eigenvalue weighted by molar-refractivity contribution is -0.123. The van der Waals surface area contributed by atoms with Crippen molar-refractivity contribution < 1.29 is 23.8 Å². The lowest BCUT2D eigenvalue weighted by Crippen LogP contribution is -2.32. The molecule has 3 aromatic rings. The van der Waals surface area contributed by atoms with Gasteiger partial charge >= 0.3 is 0 Å². The van der Waals surface area contributed by atoms with Crippen molar-refractivity contribution >= 4 is 40.6 Å². The highest BCUT2D eigenvalue weighted by Crippen LogP contribution is 2.32. The van der Waals surface area contributed by atoms with Crippen LogP contribution in [0.15, 0.2) is 83.8 Å². The standard InChI is InChI=1S/C26H22ClNO5S/c27-22-8-4-5-9-23(22)33-15-14-28-25(29)24(34-26(28)30)18-19-10-12-21(13-11-19)32-17-16-31-20-6-2-1-3-7-20/h1-13,18H,14-17H2/b24-18-. The van der Waals surface area contributed by atoms with Crippen molar-refractivity contribution in [2.75, 3.05) is 26.4 Å². The van der Waals surface area contributed by atoms with Crippen LogP contribution in [0, 0.1) is 0 Å². The van der Waals surface area contributed by atoms with Crippen LogP contribution in [-0.4, -0.2) is 42.4 Å². The first-order chi connectivity index (χ1) is 16.6. The molecule has 8 heteroatoms. The molecule has 0 aliphatic carbocycles. The fraction of sp³-hybridized carbons (Fsp3) is 0.154. The molecule has 34 heavy (non-hydrogen) atoms. The molecule has 1 aliphatic heterocycles. The second kappa shape index (κ2) is 11.6. The summed E-state index contributed by atoms with van der Waals surface area (Å²) in [6.07, 6.45) is 1.70. The molecule has 1 saturated heterocycles. The number of amides is 2. The van der Waals surface area contributed by atoms with Gasteiger partial charge in [-0.1, -0.05) is 54.1 Å². The van der Waals surface area contributed by atoms with Crippen LogP contribution in [0.3, 0.4) is 0 Å². The van der Waals surface area contributed by atoms with E-state index in [9.17, 15) is 9.59 Å². The monoisotopic (exact) mass is 495 g/mol. The summed E-state index contributed by atoms with van der Waals surface area (Å²) in [7, 11) is 0. The number of nitrogens with zero attached hydrogens (tertiary/aromatic N) is 1. The summed E-state index contributed by atoms with van der Waals surface area (Å²) in [5, 5.41) is 0.157. The maximum atomic E-state index is 12.7. The first-order valence-corrected chi connectivity index (χ1v) is 11.8. The molecule has 4 rings (SSSR count). The van der Waals surface area contributed by atoms with Crippen LogP contribution in [0.4, 0.5) is 4.79 Å². The number of rotatable bonds is 10. The van der Waals surface area contributed by atoms with E-state index in [-0.39, 0.29) is 24.3 Å². The van der Waals surface area contributed by atoms with Crippen molar-refractivity contribution in [2.45, 2.75) is 0 Å². The predicted octanol–water partition coefficient (Wildman–Crippen LogP) is 5.91. The zero-order chi connectivity index (χ0) is 23.8. The topological polar surface area (TPSA) is 65.1 Å². The first-order valence-electron chi connectivity index (χ1n) is 10.6. The SMILES string of the molecule is O=C1S/C(=C\c2ccc(OCCOc3ccccc3)cc2)C(=O)N1CCOc1ccccc1Cl. The molecule has 0 aromatic heterocycles. The average Bonchev–Trinajstić information content (AvgIpc) is 3.12. The fourth-order valence-corrected chi connectivity index (χ4v) is 4.20. The normalized spacial score (nSPS) is 14.5. The third kappa shape index (κ3) is 6.34. The smallest absolute Gasteiger partial charge is 0.293 e. The third-order valence-corrected chi connectivity index (χ3v) is 6.04. The molecular weight excluding hydrogens is 474 g/mol. The summed E-state index contributed by atoms with van der Waals surface area (Å²) in [6.45, 7) is 1.14. The van der Waals surface area contributed by atoms with E-state index in [1.807, 2.05) is 54.6 Å². The number of hydrogen-bond acceptors (Lipinski definition) is 6. The molecule has 2 amide bonds. The van der Waals surface area contributed by atoms with Gasteiger partial charge in [-0.3, -0.25) is 14.5 Å². The van der Waals surface area contributed by atoms with Crippen molar-refractivity contribution in [3.05, 3.63) is 94.4 Å². The summed E-state index contributed by atoms with van der Waals surface area (Å²) in [6, 6.07) is 23.9. The van der Waals surface area contributed by atoms with Crippen molar-refractivity contribution in [1.29, 1.82) is 0 Å². The molecule has 1 fully saturated rings. The highest BCUT2D eigenvalue weighted by molar-refractivity contribution is 8.18. The van der Waals surface area contributed by atoms with Gasteiger partial charge in [0, 0.05) is 0 Å².